The Morgan fingerprint density at radius 3 is 2.57 bits per heavy atom. The quantitative estimate of drug-likeness (QED) is 0.680. The number of hydrogen-bond donors (Lipinski definition) is 3. The van der Waals surface area contributed by atoms with Crippen LogP contribution in [0, 0.1) is 11.7 Å². The van der Waals surface area contributed by atoms with Gasteiger partial charge in [0.2, 0.25) is 0 Å². The Labute approximate surface area is 164 Å². The van der Waals surface area contributed by atoms with Crippen molar-refractivity contribution in [3.63, 3.8) is 0 Å². The van der Waals surface area contributed by atoms with Gasteiger partial charge in [0.1, 0.15) is 11.6 Å². The van der Waals surface area contributed by atoms with Gasteiger partial charge in [0.15, 0.2) is 0 Å². The predicted molar refractivity (Wildman–Crippen MR) is 103 cm³/mol. The maximum Gasteiger partial charge on any atom is 0.251 e. The Kier molecular flexibility index (Phi) is 6.65. The fourth-order valence-electron chi connectivity index (χ4n) is 3.49. The molecule has 0 aliphatic heterocycles. The Morgan fingerprint density at radius 1 is 1.18 bits per heavy atom. The van der Waals surface area contributed by atoms with Crippen LogP contribution in [0.5, 0.6) is 5.75 Å². The van der Waals surface area contributed by atoms with Crippen LogP contribution in [0.2, 0.25) is 0 Å². The van der Waals surface area contributed by atoms with Crippen LogP contribution in [0.3, 0.4) is 0 Å². The molecule has 0 atom stereocenters. The number of phenolic OH excluding ortho intramolecular Hbond substituents is 1. The summed E-state index contributed by atoms with van der Waals surface area (Å²) in [6.45, 7) is 1.15. The second-order valence-electron chi connectivity index (χ2n) is 7.54. The minimum absolute atomic E-state index is 0.105. The number of hydrogen-bond acceptors (Lipinski definition) is 4. The number of ether oxygens (including phenoxy) is 1. The largest absolute Gasteiger partial charge is 0.508 e. The van der Waals surface area contributed by atoms with Crippen LogP contribution >= 0.6 is 0 Å². The second kappa shape index (κ2) is 9.17. The van der Waals surface area contributed by atoms with Crippen molar-refractivity contribution in [1.82, 2.24) is 5.32 Å². The van der Waals surface area contributed by atoms with E-state index >= 15 is 0 Å². The predicted octanol–water partition coefficient (Wildman–Crippen LogP) is 3.40. The molecule has 0 heterocycles. The van der Waals surface area contributed by atoms with Gasteiger partial charge in [-0.25, -0.2) is 4.39 Å². The zero-order valence-corrected chi connectivity index (χ0v) is 15.7. The molecule has 0 spiro atoms. The standard InChI is InChI=1S/C22H26FNO4/c23-19-3-1-2-17(12-19)14-28-13-16-8-10-22(27,11-9-16)15-24-21(26)18-4-6-20(25)7-5-18/h1-7,12,16,25,27H,8-11,13-15H2,(H,24,26). The maximum atomic E-state index is 13.2. The van der Waals surface area contributed by atoms with Gasteiger partial charge in [0.25, 0.3) is 5.91 Å². The molecule has 0 aromatic heterocycles. The highest BCUT2D eigenvalue weighted by Gasteiger charge is 2.33. The van der Waals surface area contributed by atoms with Crippen molar-refractivity contribution in [3.8, 4) is 5.75 Å². The molecule has 1 saturated carbocycles. The van der Waals surface area contributed by atoms with Crippen LogP contribution in [-0.2, 0) is 11.3 Å². The first kappa shape index (κ1) is 20.3. The molecular formula is C22H26FNO4. The fraction of sp³-hybridized carbons (Fsp3) is 0.409. The van der Waals surface area contributed by atoms with E-state index in [1.54, 1.807) is 18.2 Å². The molecule has 1 fully saturated rings. The topological polar surface area (TPSA) is 78.8 Å². The van der Waals surface area contributed by atoms with Gasteiger partial charge in [-0.3, -0.25) is 4.79 Å². The number of amides is 1. The number of carbonyl (C=O) groups is 1. The summed E-state index contributed by atoms with van der Waals surface area (Å²) in [4.78, 5) is 12.2. The molecule has 0 unspecified atom stereocenters. The molecule has 2 aromatic carbocycles. The summed E-state index contributed by atoms with van der Waals surface area (Å²) in [7, 11) is 0. The number of phenols is 1. The molecule has 1 aliphatic rings. The van der Waals surface area contributed by atoms with E-state index < -0.39 is 5.60 Å². The first-order chi connectivity index (χ1) is 13.4. The zero-order chi connectivity index (χ0) is 20.0. The summed E-state index contributed by atoms with van der Waals surface area (Å²) in [6, 6.07) is 12.4. The van der Waals surface area contributed by atoms with Crippen molar-refractivity contribution in [3.05, 3.63) is 65.5 Å². The molecule has 1 aliphatic carbocycles. The molecule has 6 heteroatoms. The lowest BCUT2D eigenvalue weighted by atomic mass is 9.79. The second-order valence-corrected chi connectivity index (χ2v) is 7.54. The third kappa shape index (κ3) is 5.78. The summed E-state index contributed by atoms with van der Waals surface area (Å²) in [6.07, 6.45) is 2.82. The van der Waals surface area contributed by atoms with E-state index in [1.165, 1.54) is 24.3 Å². The van der Waals surface area contributed by atoms with Crippen molar-refractivity contribution < 1.29 is 24.1 Å². The summed E-state index contributed by atoms with van der Waals surface area (Å²) in [5.41, 5.74) is 0.344. The van der Waals surface area contributed by atoms with Gasteiger partial charge in [-0.05, 0) is 73.6 Å². The third-order valence-electron chi connectivity index (χ3n) is 5.25. The lowest BCUT2D eigenvalue weighted by Gasteiger charge is -2.36. The van der Waals surface area contributed by atoms with Crippen molar-refractivity contribution in [2.45, 2.75) is 37.9 Å². The van der Waals surface area contributed by atoms with Gasteiger partial charge in [-0.1, -0.05) is 12.1 Å². The zero-order valence-electron chi connectivity index (χ0n) is 15.7. The van der Waals surface area contributed by atoms with Gasteiger partial charge in [-0.2, -0.15) is 0 Å². The highest BCUT2D eigenvalue weighted by molar-refractivity contribution is 5.94. The van der Waals surface area contributed by atoms with Crippen molar-refractivity contribution in [2.75, 3.05) is 13.2 Å². The average Bonchev–Trinajstić information content (AvgIpc) is 2.69. The first-order valence-corrected chi connectivity index (χ1v) is 9.55. The number of benzene rings is 2. The van der Waals surface area contributed by atoms with Gasteiger partial charge in [0.05, 0.1) is 12.2 Å². The molecule has 1 amide bonds. The normalized spacial score (nSPS) is 22.0. The summed E-state index contributed by atoms with van der Waals surface area (Å²) < 4.78 is 18.9. The minimum Gasteiger partial charge on any atom is -0.508 e. The van der Waals surface area contributed by atoms with Crippen LogP contribution in [-0.4, -0.2) is 34.9 Å². The molecule has 3 N–H and O–H groups in total. The number of halogens is 1. The summed E-state index contributed by atoms with van der Waals surface area (Å²) in [5, 5.41) is 22.8. The van der Waals surface area contributed by atoms with E-state index in [2.05, 4.69) is 5.32 Å². The Morgan fingerprint density at radius 2 is 1.89 bits per heavy atom. The van der Waals surface area contributed by atoms with Crippen LogP contribution in [0.15, 0.2) is 48.5 Å². The maximum absolute atomic E-state index is 13.2. The molecule has 3 rings (SSSR count). The molecule has 5 nitrogen and oxygen atoms in total. The molecule has 2 aromatic rings. The summed E-state index contributed by atoms with van der Waals surface area (Å²) in [5.74, 6) is -0.0816. The molecular weight excluding hydrogens is 361 g/mol. The lowest BCUT2D eigenvalue weighted by molar-refractivity contribution is -0.0239. The molecule has 0 radical (unpaired) electrons. The summed E-state index contributed by atoms with van der Waals surface area (Å²) >= 11 is 0. The van der Waals surface area contributed by atoms with E-state index in [-0.39, 0.29) is 24.0 Å². The van der Waals surface area contributed by atoms with Gasteiger partial charge in [-0.15, -0.1) is 0 Å². The molecule has 150 valence electrons. The van der Waals surface area contributed by atoms with E-state index in [9.17, 15) is 19.4 Å². The number of aromatic hydroxyl groups is 1. The van der Waals surface area contributed by atoms with Crippen LogP contribution in [0.4, 0.5) is 4.39 Å². The van der Waals surface area contributed by atoms with Crippen molar-refractivity contribution in [2.24, 2.45) is 5.92 Å². The molecule has 28 heavy (non-hydrogen) atoms. The van der Waals surface area contributed by atoms with E-state index in [0.29, 0.717) is 37.5 Å². The van der Waals surface area contributed by atoms with Crippen LogP contribution < -0.4 is 5.32 Å². The fourth-order valence-corrected chi connectivity index (χ4v) is 3.49. The van der Waals surface area contributed by atoms with E-state index in [1.807, 2.05) is 6.07 Å². The molecule has 0 bridgehead atoms. The SMILES string of the molecule is O=C(NCC1(O)CCC(COCc2cccc(F)c2)CC1)c1ccc(O)cc1. The monoisotopic (exact) mass is 387 g/mol. The van der Waals surface area contributed by atoms with Gasteiger partial charge >= 0.3 is 0 Å². The number of rotatable bonds is 7. The molecule has 0 saturated heterocycles. The van der Waals surface area contributed by atoms with Crippen LogP contribution in [0.25, 0.3) is 0 Å². The Bertz CT molecular complexity index is 785. The minimum atomic E-state index is -0.911. The Balaban J connectivity index is 1.38. The smallest absolute Gasteiger partial charge is 0.251 e. The van der Waals surface area contributed by atoms with Crippen molar-refractivity contribution >= 4 is 5.91 Å². The lowest BCUT2D eigenvalue weighted by Crippen LogP contribution is -2.45. The van der Waals surface area contributed by atoms with Gasteiger partial charge in [0, 0.05) is 18.7 Å². The van der Waals surface area contributed by atoms with E-state index in [0.717, 1.165) is 18.4 Å². The average molecular weight is 387 g/mol. The van der Waals surface area contributed by atoms with E-state index in [4.69, 9.17) is 4.74 Å². The Hall–Kier alpha value is -2.44. The highest BCUT2D eigenvalue weighted by atomic mass is 19.1. The van der Waals surface area contributed by atoms with Gasteiger partial charge < -0.3 is 20.3 Å². The van der Waals surface area contributed by atoms with Crippen LogP contribution in [0.1, 0.15) is 41.6 Å². The van der Waals surface area contributed by atoms with Crippen molar-refractivity contribution in [1.29, 1.82) is 0 Å². The highest BCUT2D eigenvalue weighted by Crippen LogP contribution is 2.32. The number of nitrogens with one attached hydrogen (secondary N) is 1. The first-order valence-electron chi connectivity index (χ1n) is 9.55. The third-order valence-corrected chi connectivity index (χ3v) is 5.25. The number of carbonyl (C=O) groups excluding carboxylic acids is 1. The number of aliphatic hydroxyl groups is 1.